The standard InChI is InChI=1S/C23H31N3O5S/c1-19(23(29)24-14-9-15-27)26(17-21-12-7-4-8-13-21)22(28)18-25(32(2,30)31)16-20-10-5-3-6-11-20/h3-8,10-13,19,27H,9,14-18H2,1-2H3,(H,24,29)/t19-/m0/s1. The summed E-state index contributed by atoms with van der Waals surface area (Å²) in [5.41, 5.74) is 1.58. The van der Waals surface area contributed by atoms with Gasteiger partial charge in [0.2, 0.25) is 21.8 Å². The van der Waals surface area contributed by atoms with Crippen molar-refractivity contribution in [2.24, 2.45) is 0 Å². The van der Waals surface area contributed by atoms with Gasteiger partial charge in [-0.1, -0.05) is 60.7 Å². The van der Waals surface area contributed by atoms with Crippen LogP contribution in [0.2, 0.25) is 0 Å². The van der Waals surface area contributed by atoms with E-state index in [0.29, 0.717) is 6.42 Å². The molecule has 9 heteroatoms. The molecular weight excluding hydrogens is 430 g/mol. The van der Waals surface area contributed by atoms with E-state index in [4.69, 9.17) is 5.11 Å². The molecule has 0 spiro atoms. The number of sulfonamides is 1. The average Bonchev–Trinajstić information content (AvgIpc) is 2.77. The average molecular weight is 462 g/mol. The summed E-state index contributed by atoms with van der Waals surface area (Å²) in [6.07, 6.45) is 1.47. The molecular formula is C23H31N3O5S. The first-order valence-corrected chi connectivity index (χ1v) is 12.3. The van der Waals surface area contributed by atoms with E-state index in [9.17, 15) is 18.0 Å². The number of rotatable bonds is 12. The molecule has 0 radical (unpaired) electrons. The first-order chi connectivity index (χ1) is 15.2. The molecule has 32 heavy (non-hydrogen) atoms. The van der Waals surface area contributed by atoms with Crippen LogP contribution in [-0.2, 0) is 32.7 Å². The summed E-state index contributed by atoms with van der Waals surface area (Å²) in [4.78, 5) is 27.3. The second kappa shape index (κ2) is 12.3. The Balaban J connectivity index is 2.23. The molecule has 0 aliphatic carbocycles. The molecule has 2 aromatic rings. The number of hydrogen-bond acceptors (Lipinski definition) is 5. The molecule has 2 N–H and O–H groups in total. The highest BCUT2D eigenvalue weighted by atomic mass is 32.2. The van der Waals surface area contributed by atoms with E-state index in [1.807, 2.05) is 36.4 Å². The molecule has 0 aliphatic rings. The van der Waals surface area contributed by atoms with Gasteiger partial charge in [0, 0.05) is 26.2 Å². The van der Waals surface area contributed by atoms with Crippen LogP contribution in [0.5, 0.6) is 0 Å². The zero-order chi connectivity index (χ0) is 23.6. The van der Waals surface area contributed by atoms with Crippen molar-refractivity contribution in [3.63, 3.8) is 0 Å². The minimum absolute atomic E-state index is 0.0515. The monoisotopic (exact) mass is 461 g/mol. The van der Waals surface area contributed by atoms with Crippen molar-refractivity contribution in [1.82, 2.24) is 14.5 Å². The summed E-state index contributed by atoms with van der Waals surface area (Å²) in [6, 6.07) is 17.4. The summed E-state index contributed by atoms with van der Waals surface area (Å²) >= 11 is 0. The lowest BCUT2D eigenvalue weighted by molar-refractivity contribution is -0.140. The van der Waals surface area contributed by atoms with Crippen LogP contribution in [0.15, 0.2) is 60.7 Å². The van der Waals surface area contributed by atoms with Gasteiger partial charge in [-0.25, -0.2) is 8.42 Å². The van der Waals surface area contributed by atoms with Crippen molar-refractivity contribution in [2.45, 2.75) is 32.5 Å². The highest BCUT2D eigenvalue weighted by molar-refractivity contribution is 7.88. The van der Waals surface area contributed by atoms with Gasteiger partial charge in [-0.3, -0.25) is 9.59 Å². The molecule has 0 saturated heterocycles. The lowest BCUT2D eigenvalue weighted by Crippen LogP contribution is -2.51. The van der Waals surface area contributed by atoms with Crippen LogP contribution in [0.25, 0.3) is 0 Å². The van der Waals surface area contributed by atoms with Gasteiger partial charge in [0.05, 0.1) is 12.8 Å². The van der Waals surface area contributed by atoms with Crippen LogP contribution in [0.1, 0.15) is 24.5 Å². The van der Waals surface area contributed by atoms with E-state index >= 15 is 0 Å². The normalized spacial score (nSPS) is 12.4. The minimum Gasteiger partial charge on any atom is -0.396 e. The fraction of sp³-hybridized carbons (Fsp3) is 0.391. The molecule has 0 unspecified atom stereocenters. The predicted octanol–water partition coefficient (Wildman–Crippen LogP) is 1.36. The summed E-state index contributed by atoms with van der Waals surface area (Å²) < 4.78 is 25.9. The number of nitrogens with zero attached hydrogens (tertiary/aromatic N) is 2. The minimum atomic E-state index is -3.67. The van der Waals surface area contributed by atoms with Gasteiger partial charge in [-0.05, 0) is 24.5 Å². The van der Waals surface area contributed by atoms with Crippen LogP contribution in [-0.4, -0.2) is 66.5 Å². The van der Waals surface area contributed by atoms with E-state index in [0.717, 1.165) is 21.7 Å². The third kappa shape index (κ3) is 8.07. The van der Waals surface area contributed by atoms with Gasteiger partial charge in [0.15, 0.2) is 0 Å². The molecule has 0 aliphatic heterocycles. The van der Waals surface area contributed by atoms with Gasteiger partial charge < -0.3 is 15.3 Å². The maximum Gasteiger partial charge on any atom is 0.242 e. The van der Waals surface area contributed by atoms with Crippen molar-refractivity contribution < 1.29 is 23.1 Å². The Hall–Kier alpha value is -2.75. The van der Waals surface area contributed by atoms with Crippen molar-refractivity contribution >= 4 is 21.8 Å². The number of benzene rings is 2. The van der Waals surface area contributed by atoms with E-state index in [-0.39, 0.29) is 38.7 Å². The highest BCUT2D eigenvalue weighted by Crippen LogP contribution is 2.13. The molecule has 2 rings (SSSR count). The number of nitrogens with one attached hydrogen (secondary N) is 1. The SMILES string of the molecule is C[C@@H](C(=O)NCCCO)N(Cc1ccccc1)C(=O)CN(Cc1ccccc1)S(C)(=O)=O. The Morgan fingerprint density at radius 1 is 0.969 bits per heavy atom. The predicted molar refractivity (Wildman–Crippen MR) is 123 cm³/mol. The number of hydrogen-bond donors (Lipinski definition) is 2. The van der Waals surface area contributed by atoms with E-state index < -0.39 is 22.0 Å². The van der Waals surface area contributed by atoms with E-state index in [1.54, 1.807) is 31.2 Å². The molecule has 0 fully saturated rings. The van der Waals surface area contributed by atoms with Gasteiger partial charge >= 0.3 is 0 Å². The zero-order valence-electron chi connectivity index (χ0n) is 18.5. The van der Waals surface area contributed by atoms with Gasteiger partial charge in [-0.2, -0.15) is 4.31 Å². The number of carbonyl (C=O) groups excluding carboxylic acids is 2. The van der Waals surface area contributed by atoms with Crippen molar-refractivity contribution in [2.75, 3.05) is 26.0 Å². The second-order valence-corrected chi connectivity index (χ2v) is 9.55. The third-order valence-electron chi connectivity index (χ3n) is 4.98. The van der Waals surface area contributed by atoms with Gasteiger partial charge in [0.1, 0.15) is 6.04 Å². The smallest absolute Gasteiger partial charge is 0.242 e. The summed E-state index contributed by atoms with van der Waals surface area (Å²) in [5, 5.41) is 11.6. The van der Waals surface area contributed by atoms with Crippen molar-refractivity contribution in [1.29, 1.82) is 0 Å². The van der Waals surface area contributed by atoms with Crippen LogP contribution < -0.4 is 5.32 Å². The van der Waals surface area contributed by atoms with E-state index in [1.165, 1.54) is 4.90 Å². The highest BCUT2D eigenvalue weighted by Gasteiger charge is 2.29. The number of amides is 2. The van der Waals surface area contributed by atoms with E-state index in [2.05, 4.69) is 5.32 Å². The molecule has 2 aromatic carbocycles. The Labute approximate surface area is 189 Å². The summed E-state index contributed by atoms with van der Waals surface area (Å²) in [7, 11) is -3.67. The van der Waals surface area contributed by atoms with Crippen LogP contribution in [0, 0.1) is 0 Å². The zero-order valence-corrected chi connectivity index (χ0v) is 19.3. The molecule has 0 bridgehead atoms. The molecule has 0 heterocycles. The molecule has 8 nitrogen and oxygen atoms in total. The lowest BCUT2D eigenvalue weighted by Gasteiger charge is -2.31. The topological polar surface area (TPSA) is 107 Å². The Morgan fingerprint density at radius 3 is 2.00 bits per heavy atom. The largest absolute Gasteiger partial charge is 0.396 e. The molecule has 2 amide bonds. The number of carbonyl (C=O) groups is 2. The lowest BCUT2D eigenvalue weighted by atomic mass is 10.1. The quantitative estimate of drug-likeness (QED) is 0.464. The molecule has 0 aromatic heterocycles. The fourth-order valence-corrected chi connectivity index (χ4v) is 3.85. The van der Waals surface area contributed by atoms with Gasteiger partial charge in [0.25, 0.3) is 0 Å². The first kappa shape index (κ1) is 25.5. The van der Waals surface area contributed by atoms with Gasteiger partial charge in [-0.15, -0.1) is 0 Å². The number of aliphatic hydroxyl groups excluding tert-OH is 1. The van der Waals surface area contributed by atoms with Crippen LogP contribution in [0.4, 0.5) is 0 Å². The molecule has 0 saturated carbocycles. The Morgan fingerprint density at radius 2 is 1.50 bits per heavy atom. The number of aliphatic hydroxyl groups is 1. The van der Waals surface area contributed by atoms with Crippen LogP contribution in [0.3, 0.4) is 0 Å². The van der Waals surface area contributed by atoms with Crippen molar-refractivity contribution in [3.05, 3.63) is 71.8 Å². The summed E-state index contributed by atoms with van der Waals surface area (Å²) in [5.74, 6) is -0.836. The second-order valence-electron chi connectivity index (χ2n) is 7.57. The maximum atomic E-state index is 13.3. The molecule has 174 valence electrons. The Kier molecular flexibility index (Phi) is 9.83. The summed E-state index contributed by atoms with van der Waals surface area (Å²) in [6.45, 7) is 1.69. The maximum absolute atomic E-state index is 13.3. The Bertz CT molecular complexity index is 968. The van der Waals surface area contributed by atoms with Crippen molar-refractivity contribution in [3.8, 4) is 0 Å². The molecule has 1 atom stereocenters. The first-order valence-electron chi connectivity index (χ1n) is 10.4. The fourth-order valence-electron chi connectivity index (χ4n) is 3.12. The van der Waals surface area contributed by atoms with Crippen LogP contribution >= 0.6 is 0 Å². The third-order valence-corrected chi connectivity index (χ3v) is 6.18.